The van der Waals surface area contributed by atoms with Gasteiger partial charge in [0.15, 0.2) is 0 Å². The van der Waals surface area contributed by atoms with Gasteiger partial charge in [-0.1, -0.05) is 78.3 Å². The van der Waals surface area contributed by atoms with Crippen LogP contribution in [0, 0.1) is 11.3 Å². The monoisotopic (exact) mass is 760 g/mol. The van der Waals surface area contributed by atoms with Gasteiger partial charge in [0.1, 0.15) is 35.4 Å². The average Bonchev–Trinajstić information content (AvgIpc) is 3.55. The van der Waals surface area contributed by atoms with Gasteiger partial charge in [-0.25, -0.2) is 4.67 Å². The Kier molecular flexibility index (Phi) is 15.1. The van der Waals surface area contributed by atoms with Crippen LogP contribution in [0.4, 0.5) is 0 Å². The Morgan fingerprint density at radius 3 is 2.00 bits per heavy atom. The van der Waals surface area contributed by atoms with Crippen LogP contribution in [-0.4, -0.2) is 69.1 Å². The number of hydrogen-bond acceptors (Lipinski definition) is 9. The topological polar surface area (TPSA) is 91.6 Å². The molecule has 4 aromatic carbocycles. The fraction of sp³-hybridized carbons (Fsp3) is 0.405. The van der Waals surface area contributed by atoms with Gasteiger partial charge in [-0.15, -0.1) is 0 Å². The van der Waals surface area contributed by atoms with E-state index in [1.165, 1.54) is 0 Å². The Morgan fingerprint density at radius 2 is 1.45 bits per heavy atom. The normalized spacial score (nSPS) is 18.0. The van der Waals surface area contributed by atoms with Gasteiger partial charge in [0.05, 0.1) is 53.1 Å². The van der Waals surface area contributed by atoms with Crippen molar-refractivity contribution >= 4 is 20.1 Å². The van der Waals surface area contributed by atoms with Crippen LogP contribution in [0.3, 0.4) is 0 Å². The Morgan fingerprint density at radius 1 is 0.849 bits per heavy atom. The molecular formula is C42H50ClN2O7P. The van der Waals surface area contributed by atoms with Crippen molar-refractivity contribution in [2.24, 2.45) is 0 Å². The molecule has 0 saturated carbocycles. The second-order valence-corrected chi connectivity index (χ2v) is 15.1. The summed E-state index contributed by atoms with van der Waals surface area (Å²) < 4.78 is 47.0. The fourth-order valence-corrected chi connectivity index (χ4v) is 8.58. The maximum atomic E-state index is 9.33. The lowest BCUT2D eigenvalue weighted by Gasteiger charge is -2.39. The zero-order valence-corrected chi connectivity index (χ0v) is 33.0. The molecule has 1 aliphatic heterocycles. The number of benzene rings is 4. The Hall–Kier alpha value is -3.55. The van der Waals surface area contributed by atoms with E-state index in [0.29, 0.717) is 11.6 Å². The molecule has 0 radical (unpaired) electrons. The predicted octanol–water partition coefficient (Wildman–Crippen LogP) is 9.31. The lowest BCUT2D eigenvalue weighted by molar-refractivity contribution is -0.0726. The molecule has 0 N–H and O–H groups in total. The highest BCUT2D eigenvalue weighted by Gasteiger charge is 2.46. The van der Waals surface area contributed by atoms with E-state index in [0.717, 1.165) is 33.8 Å². The van der Waals surface area contributed by atoms with Gasteiger partial charge in [-0.05, 0) is 86.3 Å². The van der Waals surface area contributed by atoms with E-state index in [2.05, 4.69) is 50.6 Å². The largest absolute Gasteiger partial charge is 0.497 e. The first-order valence-corrected chi connectivity index (χ1v) is 19.4. The molecule has 5 rings (SSSR count). The Bertz CT molecular complexity index is 1680. The molecule has 1 heterocycles. The van der Waals surface area contributed by atoms with E-state index in [-0.39, 0.29) is 38.3 Å². The van der Waals surface area contributed by atoms with E-state index in [1.54, 1.807) is 14.2 Å². The Balaban J connectivity index is 1.54. The van der Waals surface area contributed by atoms with Crippen LogP contribution >= 0.6 is 20.1 Å². The van der Waals surface area contributed by atoms with Crippen molar-refractivity contribution in [1.82, 2.24) is 4.67 Å². The van der Waals surface area contributed by atoms with E-state index in [1.807, 2.05) is 91.0 Å². The molecule has 0 spiro atoms. The third-order valence-electron chi connectivity index (χ3n) is 9.07. The minimum absolute atomic E-state index is 0.113. The van der Waals surface area contributed by atoms with Crippen LogP contribution in [0.2, 0.25) is 5.02 Å². The van der Waals surface area contributed by atoms with Gasteiger partial charge in [-0.2, -0.15) is 5.26 Å². The molecule has 11 heteroatoms. The maximum Gasteiger partial charge on any atom is 0.259 e. The van der Waals surface area contributed by atoms with Crippen LogP contribution < -0.4 is 9.47 Å². The Labute approximate surface area is 320 Å². The second kappa shape index (κ2) is 19.7. The summed E-state index contributed by atoms with van der Waals surface area (Å²) in [4.78, 5) is 0. The second-order valence-electron chi connectivity index (χ2n) is 13.3. The molecule has 1 aliphatic rings. The molecule has 4 aromatic rings. The van der Waals surface area contributed by atoms with Crippen LogP contribution in [-0.2, 0) is 35.5 Å². The van der Waals surface area contributed by atoms with Gasteiger partial charge >= 0.3 is 0 Å². The third-order valence-corrected chi connectivity index (χ3v) is 11.4. The van der Waals surface area contributed by atoms with Gasteiger partial charge in [0.25, 0.3) is 8.53 Å². The highest BCUT2D eigenvalue weighted by Crippen LogP contribution is 2.50. The zero-order chi connectivity index (χ0) is 37.8. The molecule has 0 bridgehead atoms. The predicted molar refractivity (Wildman–Crippen MR) is 208 cm³/mol. The van der Waals surface area contributed by atoms with Gasteiger partial charge in [0, 0.05) is 17.1 Å². The van der Waals surface area contributed by atoms with Crippen LogP contribution in [0.1, 0.15) is 56.4 Å². The van der Waals surface area contributed by atoms with Crippen molar-refractivity contribution in [3.05, 3.63) is 130 Å². The lowest BCUT2D eigenvalue weighted by atomic mass is 9.80. The molecule has 1 fully saturated rings. The molecule has 53 heavy (non-hydrogen) atoms. The molecule has 1 unspecified atom stereocenters. The van der Waals surface area contributed by atoms with Crippen LogP contribution in [0.5, 0.6) is 11.5 Å². The molecule has 1 saturated heterocycles. The summed E-state index contributed by atoms with van der Waals surface area (Å²) in [6, 6.07) is 36.1. The fourth-order valence-electron chi connectivity index (χ4n) is 6.58. The summed E-state index contributed by atoms with van der Waals surface area (Å²) in [5, 5.41) is 9.97. The standard InChI is InChI=1S/C42H50ClN2O7P/c1-30(2)45(31(3)4)53(51-25-11-24-44)52-41-39(48-27-32-12-10-15-36(43)26-32)28-49-40(41)29-50-42(33-13-8-7-9-14-33,34-16-20-37(46-5)21-17-34)35-18-22-38(47-6)23-19-35/h7-10,12-23,26,30-31,39-41H,11,25,27-29H2,1-6H3/t39-,40+,41-,53?/m0/s1. The average molecular weight is 761 g/mol. The summed E-state index contributed by atoms with van der Waals surface area (Å²) in [7, 11) is 1.69. The van der Waals surface area contributed by atoms with Gasteiger partial charge in [0.2, 0.25) is 0 Å². The minimum atomic E-state index is -1.61. The van der Waals surface area contributed by atoms with Gasteiger partial charge in [-0.3, -0.25) is 0 Å². The van der Waals surface area contributed by atoms with Crippen molar-refractivity contribution in [3.8, 4) is 17.6 Å². The van der Waals surface area contributed by atoms with Crippen molar-refractivity contribution < 1.29 is 32.7 Å². The highest BCUT2D eigenvalue weighted by atomic mass is 35.5. The minimum Gasteiger partial charge on any atom is -0.497 e. The first-order valence-electron chi connectivity index (χ1n) is 17.9. The molecule has 9 nitrogen and oxygen atoms in total. The molecule has 0 amide bonds. The van der Waals surface area contributed by atoms with Crippen molar-refractivity contribution in [1.29, 1.82) is 5.26 Å². The van der Waals surface area contributed by atoms with Crippen LogP contribution in [0.25, 0.3) is 0 Å². The SMILES string of the molecule is COc1ccc(C(OC[C@H]2OC[C@H](OCc3cccc(Cl)c3)[C@@H]2OP(OCCC#N)N(C(C)C)C(C)C)(c2ccccc2)c2ccc(OC)cc2)cc1. The molecular weight excluding hydrogens is 711 g/mol. The van der Waals surface area contributed by atoms with Crippen LogP contribution in [0.15, 0.2) is 103 Å². The maximum absolute atomic E-state index is 9.33. The van der Waals surface area contributed by atoms with Crippen molar-refractivity contribution in [3.63, 3.8) is 0 Å². The number of ether oxygens (including phenoxy) is 5. The van der Waals surface area contributed by atoms with Crippen molar-refractivity contribution in [2.45, 2.75) is 76.7 Å². The number of rotatable bonds is 19. The third kappa shape index (κ3) is 10.2. The van der Waals surface area contributed by atoms with Gasteiger partial charge < -0.3 is 32.7 Å². The van der Waals surface area contributed by atoms with E-state index in [4.69, 9.17) is 44.3 Å². The smallest absolute Gasteiger partial charge is 0.259 e. The summed E-state index contributed by atoms with van der Waals surface area (Å²) in [5.41, 5.74) is 2.64. The lowest BCUT2D eigenvalue weighted by Crippen LogP contribution is -2.42. The number of nitrogens with zero attached hydrogens (tertiary/aromatic N) is 2. The number of nitriles is 1. The molecule has 0 aliphatic carbocycles. The molecule has 4 atom stereocenters. The molecule has 0 aromatic heterocycles. The number of methoxy groups -OCH3 is 2. The van der Waals surface area contributed by atoms with E-state index in [9.17, 15) is 5.26 Å². The first-order chi connectivity index (χ1) is 25.7. The number of halogens is 1. The first kappa shape index (κ1) is 40.6. The quantitative estimate of drug-likeness (QED) is 0.0527. The summed E-state index contributed by atoms with van der Waals surface area (Å²) in [6.07, 6.45) is -1.30. The zero-order valence-electron chi connectivity index (χ0n) is 31.3. The summed E-state index contributed by atoms with van der Waals surface area (Å²) >= 11 is 6.31. The highest BCUT2D eigenvalue weighted by molar-refractivity contribution is 7.44. The van der Waals surface area contributed by atoms with Crippen molar-refractivity contribution in [2.75, 3.05) is 34.0 Å². The summed E-state index contributed by atoms with van der Waals surface area (Å²) in [6.45, 7) is 9.46. The van der Waals surface area contributed by atoms with E-state index < -0.39 is 32.4 Å². The van der Waals surface area contributed by atoms with E-state index >= 15 is 0 Å². The molecule has 282 valence electrons. The summed E-state index contributed by atoms with van der Waals surface area (Å²) in [5.74, 6) is 1.48. The number of hydrogen-bond donors (Lipinski definition) is 0.